The van der Waals surface area contributed by atoms with E-state index in [1.807, 2.05) is 57.0 Å². The minimum absolute atomic E-state index is 0.00130. The zero-order chi connectivity index (χ0) is 22.1. The first-order valence-corrected chi connectivity index (χ1v) is 11.1. The van der Waals surface area contributed by atoms with E-state index in [1.54, 1.807) is 0 Å². The zero-order valence-electron chi connectivity index (χ0n) is 19.2. The highest BCUT2D eigenvalue weighted by molar-refractivity contribution is 5.82. The second-order valence-electron chi connectivity index (χ2n) is 9.36. The van der Waals surface area contributed by atoms with Crippen LogP contribution >= 0.6 is 0 Å². The molecular weight excluding hydrogens is 378 g/mol. The summed E-state index contributed by atoms with van der Waals surface area (Å²) in [4.78, 5) is 31.7. The number of aromatic nitrogens is 3. The Hall–Kier alpha value is -2.44. The van der Waals surface area contributed by atoms with E-state index < -0.39 is 5.41 Å². The summed E-state index contributed by atoms with van der Waals surface area (Å²) in [5.74, 6) is 0.237. The summed E-state index contributed by atoms with van der Waals surface area (Å²) in [6.45, 7) is 13.4. The molecule has 164 valence electrons. The fourth-order valence-electron chi connectivity index (χ4n) is 4.21. The van der Waals surface area contributed by atoms with Crippen molar-refractivity contribution in [2.45, 2.75) is 79.7 Å². The van der Waals surface area contributed by atoms with Crippen molar-refractivity contribution in [2.75, 3.05) is 13.1 Å². The number of fused-ring (bicyclic) bond motifs is 1. The molecule has 0 bridgehead atoms. The molecule has 2 aromatic rings. The zero-order valence-corrected chi connectivity index (χ0v) is 19.2. The van der Waals surface area contributed by atoms with Crippen LogP contribution in [0.25, 0.3) is 5.65 Å². The molecule has 3 rings (SSSR count). The lowest BCUT2D eigenvalue weighted by Gasteiger charge is -2.30. The number of rotatable bonds is 6. The lowest BCUT2D eigenvalue weighted by Crippen LogP contribution is -2.39. The van der Waals surface area contributed by atoms with E-state index in [-0.39, 0.29) is 17.9 Å². The van der Waals surface area contributed by atoms with Gasteiger partial charge in [0.05, 0.1) is 11.7 Å². The maximum Gasteiger partial charge on any atom is 0.228 e. The number of aryl methyl sites for hydroxylation is 2. The van der Waals surface area contributed by atoms with Crippen molar-refractivity contribution >= 4 is 17.5 Å². The highest BCUT2D eigenvalue weighted by Crippen LogP contribution is 2.35. The van der Waals surface area contributed by atoms with Crippen LogP contribution in [0.4, 0.5) is 0 Å². The Morgan fingerprint density at radius 1 is 1.27 bits per heavy atom. The highest BCUT2D eigenvalue weighted by Gasteiger charge is 2.37. The van der Waals surface area contributed by atoms with Crippen LogP contribution < -0.4 is 5.32 Å². The fourth-order valence-corrected chi connectivity index (χ4v) is 4.21. The SMILES string of the molecule is CCCNC(=O)CCc1c(C)nc2cc([C@H]3CCCN3C(=O)C(C)(C)C)nn2c1C. The summed E-state index contributed by atoms with van der Waals surface area (Å²) < 4.78 is 1.87. The van der Waals surface area contributed by atoms with Gasteiger partial charge in [-0.3, -0.25) is 9.59 Å². The van der Waals surface area contributed by atoms with Crippen molar-refractivity contribution in [3.8, 4) is 0 Å². The van der Waals surface area contributed by atoms with E-state index in [0.29, 0.717) is 19.4 Å². The van der Waals surface area contributed by atoms with Crippen molar-refractivity contribution in [1.29, 1.82) is 0 Å². The molecule has 0 radical (unpaired) electrons. The van der Waals surface area contributed by atoms with Gasteiger partial charge in [0.1, 0.15) is 0 Å². The van der Waals surface area contributed by atoms with Gasteiger partial charge in [0.2, 0.25) is 11.8 Å². The molecule has 7 heteroatoms. The Morgan fingerprint density at radius 3 is 2.67 bits per heavy atom. The second kappa shape index (κ2) is 8.74. The Labute approximate surface area is 179 Å². The molecule has 30 heavy (non-hydrogen) atoms. The van der Waals surface area contributed by atoms with E-state index in [1.165, 1.54) is 0 Å². The first kappa shape index (κ1) is 22.2. The summed E-state index contributed by atoms with van der Waals surface area (Å²) in [6, 6.07) is 2.01. The van der Waals surface area contributed by atoms with Crippen LogP contribution in [0, 0.1) is 19.3 Å². The first-order chi connectivity index (χ1) is 14.1. The predicted molar refractivity (Wildman–Crippen MR) is 117 cm³/mol. The van der Waals surface area contributed by atoms with Gasteiger partial charge in [-0.25, -0.2) is 9.50 Å². The van der Waals surface area contributed by atoms with Crippen LogP contribution in [0.5, 0.6) is 0 Å². The lowest BCUT2D eigenvalue weighted by molar-refractivity contribution is -0.140. The second-order valence-corrected chi connectivity index (χ2v) is 9.36. The van der Waals surface area contributed by atoms with Gasteiger partial charge in [0.15, 0.2) is 5.65 Å². The van der Waals surface area contributed by atoms with Gasteiger partial charge in [-0.05, 0) is 45.1 Å². The molecule has 1 aliphatic heterocycles. The first-order valence-electron chi connectivity index (χ1n) is 11.1. The number of hydrogen-bond acceptors (Lipinski definition) is 4. The maximum atomic E-state index is 12.9. The highest BCUT2D eigenvalue weighted by atomic mass is 16.2. The van der Waals surface area contributed by atoms with Crippen LogP contribution in [-0.2, 0) is 16.0 Å². The van der Waals surface area contributed by atoms with Gasteiger partial charge >= 0.3 is 0 Å². The van der Waals surface area contributed by atoms with Crippen LogP contribution in [0.15, 0.2) is 6.07 Å². The summed E-state index contributed by atoms with van der Waals surface area (Å²) >= 11 is 0. The van der Waals surface area contributed by atoms with Crippen LogP contribution in [-0.4, -0.2) is 44.4 Å². The number of likely N-dealkylation sites (tertiary alicyclic amines) is 1. The number of nitrogens with one attached hydrogen (secondary N) is 1. The molecule has 2 aromatic heterocycles. The van der Waals surface area contributed by atoms with E-state index in [2.05, 4.69) is 5.32 Å². The summed E-state index contributed by atoms with van der Waals surface area (Å²) in [5, 5.41) is 7.78. The predicted octanol–water partition coefficient (Wildman–Crippen LogP) is 3.51. The summed E-state index contributed by atoms with van der Waals surface area (Å²) in [5.41, 5.74) is 4.31. The van der Waals surface area contributed by atoms with Crippen molar-refractivity contribution < 1.29 is 9.59 Å². The average molecular weight is 414 g/mol. The molecule has 1 N–H and O–H groups in total. The minimum atomic E-state index is -0.405. The topological polar surface area (TPSA) is 79.6 Å². The molecule has 0 saturated carbocycles. The Bertz CT molecular complexity index is 941. The molecule has 2 amide bonds. The van der Waals surface area contributed by atoms with E-state index in [0.717, 1.165) is 54.1 Å². The molecule has 1 atom stereocenters. The number of hydrogen-bond donors (Lipinski definition) is 1. The monoisotopic (exact) mass is 413 g/mol. The molecule has 1 aliphatic rings. The van der Waals surface area contributed by atoms with Crippen molar-refractivity contribution in [3.05, 3.63) is 28.7 Å². The molecular formula is C23H35N5O2. The van der Waals surface area contributed by atoms with Crippen molar-refractivity contribution in [1.82, 2.24) is 24.8 Å². The van der Waals surface area contributed by atoms with Gasteiger partial charge < -0.3 is 10.2 Å². The largest absolute Gasteiger partial charge is 0.356 e. The van der Waals surface area contributed by atoms with Crippen LogP contribution in [0.2, 0.25) is 0 Å². The third kappa shape index (κ3) is 4.50. The molecule has 7 nitrogen and oxygen atoms in total. The standard InChI is InChI=1S/C23H35N5O2/c1-7-12-24-21(29)11-10-17-15(2)25-20-14-18(26-28(20)16(17)3)19-9-8-13-27(19)22(30)23(4,5)6/h14,19H,7-13H2,1-6H3,(H,24,29)/t19-/m1/s1. The molecule has 0 unspecified atom stereocenters. The molecule has 1 fully saturated rings. The normalized spacial score (nSPS) is 17.0. The van der Waals surface area contributed by atoms with Gasteiger partial charge in [0, 0.05) is 42.4 Å². The van der Waals surface area contributed by atoms with E-state index >= 15 is 0 Å². The van der Waals surface area contributed by atoms with Crippen LogP contribution in [0.3, 0.4) is 0 Å². The van der Waals surface area contributed by atoms with Gasteiger partial charge in [0.25, 0.3) is 0 Å². The molecule has 1 saturated heterocycles. The maximum absolute atomic E-state index is 12.9. The number of carbonyl (C=O) groups excluding carboxylic acids is 2. The third-order valence-corrected chi connectivity index (χ3v) is 5.85. The quantitative estimate of drug-likeness (QED) is 0.786. The molecule has 0 spiro atoms. The number of amides is 2. The van der Waals surface area contributed by atoms with Crippen LogP contribution in [0.1, 0.15) is 82.1 Å². The third-order valence-electron chi connectivity index (χ3n) is 5.85. The average Bonchev–Trinajstić information content (AvgIpc) is 3.31. The smallest absolute Gasteiger partial charge is 0.228 e. The summed E-state index contributed by atoms with van der Waals surface area (Å²) in [7, 11) is 0. The van der Waals surface area contributed by atoms with Crippen molar-refractivity contribution in [2.24, 2.45) is 5.41 Å². The molecule has 0 aromatic carbocycles. The van der Waals surface area contributed by atoms with Gasteiger partial charge in [-0.1, -0.05) is 27.7 Å². The molecule has 0 aliphatic carbocycles. The lowest BCUT2D eigenvalue weighted by atomic mass is 9.94. The molecule has 3 heterocycles. The summed E-state index contributed by atoms with van der Waals surface area (Å²) in [6.07, 6.45) is 3.93. The fraction of sp³-hybridized carbons (Fsp3) is 0.652. The van der Waals surface area contributed by atoms with Gasteiger partial charge in [-0.15, -0.1) is 0 Å². The van der Waals surface area contributed by atoms with Gasteiger partial charge in [-0.2, -0.15) is 5.10 Å². The Balaban J connectivity index is 1.87. The van der Waals surface area contributed by atoms with E-state index in [9.17, 15) is 9.59 Å². The minimum Gasteiger partial charge on any atom is -0.356 e. The Kier molecular flexibility index (Phi) is 6.48. The Morgan fingerprint density at radius 2 is 2.00 bits per heavy atom. The van der Waals surface area contributed by atoms with Crippen molar-refractivity contribution in [3.63, 3.8) is 0 Å². The number of nitrogens with zero attached hydrogens (tertiary/aromatic N) is 4. The van der Waals surface area contributed by atoms with E-state index in [4.69, 9.17) is 10.1 Å². The number of carbonyl (C=O) groups is 2.